The van der Waals surface area contributed by atoms with Crippen molar-refractivity contribution < 1.29 is 22.9 Å². The maximum absolute atomic E-state index is 12.6. The molecule has 0 aromatic heterocycles. The topological polar surface area (TPSA) is 60.2 Å². The van der Waals surface area contributed by atoms with E-state index in [1.165, 1.54) is 12.1 Å². The maximum atomic E-state index is 12.6. The van der Waals surface area contributed by atoms with Crippen molar-refractivity contribution in [3.63, 3.8) is 0 Å². The van der Waals surface area contributed by atoms with Gasteiger partial charge in [0.15, 0.2) is 5.78 Å². The van der Waals surface area contributed by atoms with Gasteiger partial charge in [-0.05, 0) is 6.07 Å². The van der Waals surface area contributed by atoms with Crippen LogP contribution in [0, 0.1) is 10.1 Å². The third kappa shape index (κ3) is 3.49. The Hall–Kier alpha value is -2.70. The number of alkyl halides is 3. The number of nitro groups is 1. The van der Waals surface area contributed by atoms with Crippen molar-refractivity contribution in [2.45, 2.75) is 12.6 Å². The number of nitro benzene ring substituents is 1. The van der Waals surface area contributed by atoms with Crippen LogP contribution in [0.3, 0.4) is 0 Å². The first-order valence-electron chi connectivity index (χ1n) is 6.22. The molecule has 0 saturated carbocycles. The molecule has 114 valence electrons. The minimum absolute atomic E-state index is 0.0492. The third-order valence-corrected chi connectivity index (χ3v) is 3.06. The number of hydrogen-bond acceptors (Lipinski definition) is 3. The minimum Gasteiger partial charge on any atom is -0.294 e. The van der Waals surface area contributed by atoms with Crippen LogP contribution in [0.25, 0.3) is 0 Å². The summed E-state index contributed by atoms with van der Waals surface area (Å²) in [7, 11) is 0. The van der Waals surface area contributed by atoms with E-state index < -0.39 is 28.1 Å². The summed E-state index contributed by atoms with van der Waals surface area (Å²) in [4.78, 5) is 22.1. The summed E-state index contributed by atoms with van der Waals surface area (Å²) < 4.78 is 37.8. The van der Waals surface area contributed by atoms with E-state index in [-0.39, 0.29) is 12.0 Å². The number of nitrogens with zero attached hydrogens (tertiary/aromatic N) is 1. The van der Waals surface area contributed by atoms with E-state index in [9.17, 15) is 28.1 Å². The fourth-order valence-corrected chi connectivity index (χ4v) is 1.96. The number of benzene rings is 2. The zero-order valence-electron chi connectivity index (χ0n) is 11.1. The van der Waals surface area contributed by atoms with Gasteiger partial charge in [0.1, 0.15) is 0 Å². The number of halogens is 3. The second-order valence-electron chi connectivity index (χ2n) is 4.56. The molecule has 0 bridgehead atoms. The molecule has 0 atom stereocenters. The highest BCUT2D eigenvalue weighted by Gasteiger charge is 2.33. The minimum atomic E-state index is -4.67. The lowest BCUT2D eigenvalue weighted by atomic mass is 10.00. The average molecular weight is 309 g/mol. The van der Waals surface area contributed by atoms with Gasteiger partial charge in [0, 0.05) is 23.6 Å². The fourth-order valence-electron chi connectivity index (χ4n) is 1.96. The molecular weight excluding hydrogens is 299 g/mol. The quantitative estimate of drug-likeness (QED) is 0.486. The highest BCUT2D eigenvalue weighted by atomic mass is 19.4. The number of ketones is 1. The van der Waals surface area contributed by atoms with E-state index in [4.69, 9.17) is 0 Å². The molecule has 0 radical (unpaired) electrons. The van der Waals surface area contributed by atoms with Gasteiger partial charge in [0.05, 0.1) is 10.5 Å². The van der Waals surface area contributed by atoms with Crippen molar-refractivity contribution in [1.29, 1.82) is 0 Å². The summed E-state index contributed by atoms with van der Waals surface area (Å²) in [6, 6.07) is 10.2. The van der Waals surface area contributed by atoms with Crippen molar-refractivity contribution in [2.75, 3.05) is 0 Å². The molecule has 0 aliphatic rings. The zero-order valence-corrected chi connectivity index (χ0v) is 11.1. The lowest BCUT2D eigenvalue weighted by molar-refractivity contribution is -0.385. The summed E-state index contributed by atoms with van der Waals surface area (Å²) in [6.45, 7) is 0. The highest BCUT2D eigenvalue weighted by Crippen LogP contribution is 2.33. The Balaban J connectivity index is 2.35. The van der Waals surface area contributed by atoms with Gasteiger partial charge in [-0.25, -0.2) is 0 Å². The van der Waals surface area contributed by atoms with Crippen LogP contribution in [-0.4, -0.2) is 10.7 Å². The molecule has 0 heterocycles. The SMILES string of the molecule is O=C(Cc1ccc(C(F)(F)F)cc1[N+](=O)[O-])c1ccccc1. The molecule has 0 N–H and O–H groups in total. The summed E-state index contributed by atoms with van der Waals surface area (Å²) >= 11 is 0. The van der Waals surface area contributed by atoms with Gasteiger partial charge >= 0.3 is 6.18 Å². The van der Waals surface area contributed by atoms with Gasteiger partial charge < -0.3 is 0 Å². The Morgan fingerprint density at radius 1 is 1.09 bits per heavy atom. The van der Waals surface area contributed by atoms with Crippen molar-refractivity contribution >= 4 is 11.5 Å². The Bertz CT molecular complexity index is 712. The summed E-state index contributed by atoms with van der Waals surface area (Å²) in [5.74, 6) is -0.400. The van der Waals surface area contributed by atoms with Gasteiger partial charge in [-0.1, -0.05) is 36.4 Å². The Morgan fingerprint density at radius 2 is 1.73 bits per heavy atom. The van der Waals surface area contributed by atoms with Crippen LogP contribution in [0.2, 0.25) is 0 Å². The predicted molar refractivity (Wildman–Crippen MR) is 72.6 cm³/mol. The van der Waals surface area contributed by atoms with Gasteiger partial charge in [-0.3, -0.25) is 14.9 Å². The molecule has 22 heavy (non-hydrogen) atoms. The van der Waals surface area contributed by atoms with Crippen molar-refractivity contribution in [1.82, 2.24) is 0 Å². The monoisotopic (exact) mass is 309 g/mol. The largest absolute Gasteiger partial charge is 0.416 e. The van der Waals surface area contributed by atoms with Crippen LogP contribution in [0.4, 0.5) is 18.9 Å². The molecule has 0 spiro atoms. The van der Waals surface area contributed by atoms with Gasteiger partial charge in [-0.2, -0.15) is 13.2 Å². The molecule has 0 aliphatic heterocycles. The van der Waals surface area contributed by atoms with E-state index in [0.29, 0.717) is 11.6 Å². The van der Waals surface area contributed by atoms with Gasteiger partial charge in [0.25, 0.3) is 5.69 Å². The number of hydrogen-bond donors (Lipinski definition) is 0. The standard InChI is InChI=1S/C15H10F3NO3/c16-15(17,18)12-7-6-11(13(9-12)19(21)22)8-14(20)10-4-2-1-3-5-10/h1-7,9H,8H2. The van der Waals surface area contributed by atoms with E-state index in [1.807, 2.05) is 0 Å². The van der Waals surface area contributed by atoms with E-state index >= 15 is 0 Å². The lowest BCUT2D eigenvalue weighted by Gasteiger charge is -2.08. The second-order valence-corrected chi connectivity index (χ2v) is 4.56. The summed E-state index contributed by atoms with van der Waals surface area (Å²) in [5.41, 5.74) is -1.53. The summed E-state index contributed by atoms with van der Waals surface area (Å²) in [5, 5.41) is 10.9. The van der Waals surface area contributed by atoms with Crippen LogP contribution >= 0.6 is 0 Å². The third-order valence-electron chi connectivity index (χ3n) is 3.06. The molecule has 2 aromatic rings. The molecule has 0 aliphatic carbocycles. The van der Waals surface area contributed by atoms with Crippen LogP contribution in [0.1, 0.15) is 21.5 Å². The molecule has 4 nitrogen and oxygen atoms in total. The molecule has 0 amide bonds. The first-order chi connectivity index (χ1) is 10.3. The van der Waals surface area contributed by atoms with Gasteiger partial charge in [-0.15, -0.1) is 0 Å². The first kappa shape index (κ1) is 15.7. The maximum Gasteiger partial charge on any atom is 0.416 e. The van der Waals surface area contributed by atoms with Crippen LogP contribution in [0.15, 0.2) is 48.5 Å². The summed E-state index contributed by atoms with van der Waals surface area (Å²) in [6.07, 6.45) is -5.01. The van der Waals surface area contributed by atoms with Crippen LogP contribution in [-0.2, 0) is 12.6 Å². The number of Topliss-reactive ketones (excluding diaryl/α,β-unsaturated/α-hetero) is 1. The number of carbonyl (C=O) groups is 1. The molecule has 7 heteroatoms. The molecule has 2 rings (SSSR count). The molecular formula is C15H10F3NO3. The zero-order chi connectivity index (χ0) is 16.3. The Morgan fingerprint density at radius 3 is 2.27 bits per heavy atom. The van der Waals surface area contributed by atoms with E-state index in [2.05, 4.69) is 0 Å². The lowest BCUT2D eigenvalue weighted by Crippen LogP contribution is -2.09. The Labute approximate surface area is 123 Å². The average Bonchev–Trinajstić information content (AvgIpc) is 2.47. The van der Waals surface area contributed by atoms with E-state index in [1.54, 1.807) is 18.2 Å². The molecule has 0 unspecified atom stereocenters. The van der Waals surface area contributed by atoms with Crippen molar-refractivity contribution in [3.8, 4) is 0 Å². The normalized spacial score (nSPS) is 11.2. The smallest absolute Gasteiger partial charge is 0.294 e. The van der Waals surface area contributed by atoms with Crippen molar-refractivity contribution in [2.24, 2.45) is 0 Å². The van der Waals surface area contributed by atoms with Crippen LogP contribution < -0.4 is 0 Å². The number of rotatable bonds is 4. The molecule has 2 aromatic carbocycles. The second kappa shape index (κ2) is 5.97. The van der Waals surface area contributed by atoms with Gasteiger partial charge in [0.2, 0.25) is 0 Å². The highest BCUT2D eigenvalue weighted by molar-refractivity contribution is 5.97. The first-order valence-corrected chi connectivity index (χ1v) is 6.22. The van der Waals surface area contributed by atoms with E-state index in [0.717, 1.165) is 12.1 Å². The predicted octanol–water partition coefficient (Wildman–Crippen LogP) is 4.04. The van der Waals surface area contributed by atoms with Crippen molar-refractivity contribution in [3.05, 3.63) is 75.3 Å². The molecule has 0 fully saturated rings. The number of carbonyl (C=O) groups excluding carboxylic acids is 1. The fraction of sp³-hybridized carbons (Fsp3) is 0.133. The Kier molecular flexibility index (Phi) is 4.25. The molecule has 0 saturated heterocycles. The van der Waals surface area contributed by atoms with Crippen LogP contribution in [0.5, 0.6) is 0 Å².